The van der Waals surface area contributed by atoms with Crippen LogP contribution in [0, 0.1) is 0 Å². The first kappa shape index (κ1) is 37.5. The Balaban J connectivity index is 1.62. The highest BCUT2D eigenvalue weighted by molar-refractivity contribution is 5.78. The van der Waals surface area contributed by atoms with E-state index < -0.39 is 74.4 Å². The number of aliphatic hydroxyl groups is 7. The summed E-state index contributed by atoms with van der Waals surface area (Å²) in [5, 5.41) is 70.7. The zero-order chi connectivity index (χ0) is 30.9. The normalized spacial score (nSPS) is 33.6. The molecule has 0 aromatic rings. The van der Waals surface area contributed by atoms with E-state index in [1.807, 2.05) is 0 Å². The van der Waals surface area contributed by atoms with Crippen molar-refractivity contribution < 1.29 is 54.8 Å². The molecule has 0 aromatic carbocycles. The summed E-state index contributed by atoms with van der Waals surface area (Å²) in [7, 11) is 0. The average molecular weight is 607 g/mol. The van der Waals surface area contributed by atoms with Gasteiger partial charge in [0.2, 0.25) is 0 Å². The third-order valence-electron chi connectivity index (χ3n) is 8.59. The quantitative estimate of drug-likeness (QED) is 0.0892. The van der Waals surface area contributed by atoms with Crippen LogP contribution >= 0.6 is 0 Å². The monoisotopic (exact) mass is 606 g/mol. The Morgan fingerprint density at radius 2 is 1.05 bits per heavy atom. The molecule has 7 N–H and O–H groups in total. The van der Waals surface area contributed by atoms with Gasteiger partial charge in [-0.3, -0.25) is 4.79 Å². The van der Waals surface area contributed by atoms with Gasteiger partial charge in [-0.25, -0.2) is 0 Å². The molecule has 2 rings (SSSR count). The first-order valence-corrected chi connectivity index (χ1v) is 16.3. The summed E-state index contributed by atoms with van der Waals surface area (Å²) in [6.07, 6.45) is 4.28. The van der Waals surface area contributed by atoms with Crippen LogP contribution in [0.2, 0.25) is 0 Å². The molecule has 11 nitrogen and oxygen atoms in total. The predicted molar refractivity (Wildman–Crippen MR) is 156 cm³/mol. The van der Waals surface area contributed by atoms with Gasteiger partial charge in [0.25, 0.3) is 0 Å². The van der Waals surface area contributed by atoms with Crippen LogP contribution in [0.3, 0.4) is 0 Å². The van der Waals surface area contributed by atoms with Crippen LogP contribution in [0.4, 0.5) is 0 Å². The smallest absolute Gasteiger partial charge is 0.187 e. The molecule has 0 aliphatic carbocycles. The van der Waals surface area contributed by atoms with E-state index in [1.54, 1.807) is 0 Å². The van der Waals surface area contributed by atoms with Crippen molar-refractivity contribution in [1.82, 2.24) is 0 Å². The second kappa shape index (κ2) is 21.1. The molecule has 0 amide bonds. The first-order chi connectivity index (χ1) is 20.2. The Labute approximate surface area is 251 Å². The molecule has 2 saturated heterocycles. The van der Waals surface area contributed by atoms with Gasteiger partial charge in [-0.1, -0.05) is 96.8 Å². The zero-order valence-corrected chi connectivity index (χ0v) is 25.5. The lowest BCUT2D eigenvalue weighted by Gasteiger charge is -2.46. The van der Waals surface area contributed by atoms with Crippen LogP contribution in [0.15, 0.2) is 0 Å². The third-order valence-corrected chi connectivity index (χ3v) is 8.59. The Morgan fingerprint density at radius 3 is 1.55 bits per heavy atom. The summed E-state index contributed by atoms with van der Waals surface area (Å²) < 4.78 is 16.6. The Morgan fingerprint density at radius 1 is 0.571 bits per heavy atom. The van der Waals surface area contributed by atoms with Crippen LogP contribution < -0.4 is 0 Å². The summed E-state index contributed by atoms with van der Waals surface area (Å²) in [5.41, 5.74) is 0. The molecule has 248 valence electrons. The molecule has 42 heavy (non-hydrogen) atoms. The van der Waals surface area contributed by atoms with Crippen molar-refractivity contribution in [2.24, 2.45) is 0 Å². The molecular formula is C31H58O11. The fourth-order valence-corrected chi connectivity index (χ4v) is 5.86. The molecule has 0 bridgehead atoms. The molecule has 0 aromatic heterocycles. The van der Waals surface area contributed by atoms with E-state index in [1.165, 1.54) is 70.6 Å². The van der Waals surface area contributed by atoms with Gasteiger partial charge in [0.15, 0.2) is 6.29 Å². The number of rotatable bonds is 22. The molecule has 11 heteroatoms. The summed E-state index contributed by atoms with van der Waals surface area (Å²) in [6, 6.07) is 0. The fraction of sp³-hybridized carbons (Fsp3) is 0.968. The van der Waals surface area contributed by atoms with Crippen molar-refractivity contribution in [3.8, 4) is 0 Å². The topological polar surface area (TPSA) is 186 Å². The maximum Gasteiger partial charge on any atom is 0.187 e. The van der Waals surface area contributed by atoms with Gasteiger partial charge in [-0.2, -0.15) is 0 Å². The van der Waals surface area contributed by atoms with E-state index >= 15 is 0 Å². The number of carbonyl (C=O) groups excluding carboxylic acids is 1. The van der Waals surface area contributed by atoms with E-state index in [2.05, 4.69) is 6.92 Å². The molecule has 10 atom stereocenters. The highest BCUT2D eigenvalue weighted by atomic mass is 16.7. The van der Waals surface area contributed by atoms with Gasteiger partial charge < -0.3 is 50.0 Å². The lowest BCUT2D eigenvalue weighted by Crippen LogP contribution is -2.64. The van der Waals surface area contributed by atoms with Crippen LogP contribution in [-0.4, -0.2) is 116 Å². The Hall–Kier alpha value is -0.730. The second-order valence-corrected chi connectivity index (χ2v) is 12.1. The van der Waals surface area contributed by atoms with E-state index in [-0.39, 0.29) is 12.2 Å². The number of carbonyl (C=O) groups is 1. The number of Topliss-reactive ketones (excluding diaryl/α,β-unsaturated/α-hetero) is 1. The van der Waals surface area contributed by atoms with E-state index in [4.69, 9.17) is 14.2 Å². The standard InChI is InChI=1S/C31H58O11/c1-2-3-4-5-6-7-8-9-10-11-12-13-14-15-16-17-21(34)18-22-25(35)28(38)30(24(20-33)40-22)42-31-29(39)27(37)26(36)23(19-32)41-31/h22-33,35-39H,2-20H2,1H3/t22-,23-,24-,25+,26+,27+,28-,29-,30-,31+/m1/s1. The van der Waals surface area contributed by atoms with Crippen molar-refractivity contribution in [3.63, 3.8) is 0 Å². The Kier molecular flexibility index (Phi) is 18.8. The SMILES string of the molecule is CCCCCCCCCCCCCCCCCC(=O)C[C@H]1O[C@H](CO)[C@@H](O[C@@H]2O[C@H](CO)[C@H](O)[C@H](O)[C@H]2O)[C@H](O)[C@H]1O. The maximum absolute atomic E-state index is 12.6. The van der Waals surface area contributed by atoms with E-state index in [0.717, 1.165) is 25.7 Å². The molecule has 2 aliphatic heterocycles. The second-order valence-electron chi connectivity index (χ2n) is 12.1. The summed E-state index contributed by atoms with van der Waals surface area (Å²) in [5.74, 6) is -0.106. The van der Waals surface area contributed by atoms with E-state index in [0.29, 0.717) is 6.42 Å². The van der Waals surface area contributed by atoms with Crippen LogP contribution in [0.1, 0.15) is 116 Å². The van der Waals surface area contributed by atoms with Crippen LogP contribution in [0.25, 0.3) is 0 Å². The van der Waals surface area contributed by atoms with Crippen molar-refractivity contribution in [2.75, 3.05) is 13.2 Å². The minimum atomic E-state index is -1.72. The minimum Gasteiger partial charge on any atom is -0.394 e. The third kappa shape index (κ3) is 12.3. The highest BCUT2D eigenvalue weighted by Gasteiger charge is 2.50. The zero-order valence-electron chi connectivity index (χ0n) is 25.5. The van der Waals surface area contributed by atoms with E-state index in [9.17, 15) is 40.5 Å². The maximum atomic E-state index is 12.6. The van der Waals surface area contributed by atoms with Crippen molar-refractivity contribution in [3.05, 3.63) is 0 Å². The number of aliphatic hydroxyl groups excluding tert-OH is 7. The number of hydrogen-bond acceptors (Lipinski definition) is 11. The summed E-state index contributed by atoms with van der Waals surface area (Å²) in [6.45, 7) is 0.967. The van der Waals surface area contributed by atoms with Gasteiger partial charge >= 0.3 is 0 Å². The highest BCUT2D eigenvalue weighted by Crippen LogP contribution is 2.30. The van der Waals surface area contributed by atoms with Gasteiger partial charge in [0, 0.05) is 12.8 Å². The molecule has 0 unspecified atom stereocenters. The first-order valence-electron chi connectivity index (χ1n) is 16.3. The van der Waals surface area contributed by atoms with Crippen molar-refractivity contribution in [2.45, 2.75) is 177 Å². The molecule has 0 saturated carbocycles. The molecular weight excluding hydrogens is 548 g/mol. The average Bonchev–Trinajstić information content (AvgIpc) is 2.98. The number of ketones is 1. The van der Waals surface area contributed by atoms with Crippen LogP contribution in [-0.2, 0) is 19.0 Å². The number of unbranched alkanes of at least 4 members (excludes halogenated alkanes) is 14. The summed E-state index contributed by atoms with van der Waals surface area (Å²) in [4.78, 5) is 12.6. The predicted octanol–water partition coefficient (Wildman–Crippen LogP) is 1.87. The lowest BCUT2D eigenvalue weighted by molar-refractivity contribution is -0.341. The number of hydrogen-bond donors (Lipinski definition) is 7. The van der Waals surface area contributed by atoms with Crippen LogP contribution in [0.5, 0.6) is 0 Å². The van der Waals surface area contributed by atoms with Gasteiger partial charge in [0.05, 0.1) is 19.3 Å². The largest absolute Gasteiger partial charge is 0.394 e. The minimum absolute atomic E-state index is 0.106. The fourth-order valence-electron chi connectivity index (χ4n) is 5.86. The molecule has 2 aliphatic rings. The lowest BCUT2D eigenvalue weighted by atomic mass is 9.91. The molecule has 2 fully saturated rings. The molecule has 0 spiro atoms. The van der Waals surface area contributed by atoms with Crippen molar-refractivity contribution >= 4 is 5.78 Å². The summed E-state index contributed by atoms with van der Waals surface area (Å²) >= 11 is 0. The van der Waals surface area contributed by atoms with Gasteiger partial charge in [-0.15, -0.1) is 0 Å². The van der Waals surface area contributed by atoms with Crippen molar-refractivity contribution in [1.29, 1.82) is 0 Å². The molecule has 2 heterocycles. The Bertz CT molecular complexity index is 706. The molecule has 0 radical (unpaired) electrons. The van der Waals surface area contributed by atoms with Gasteiger partial charge in [-0.05, 0) is 6.42 Å². The number of ether oxygens (including phenoxy) is 3. The van der Waals surface area contributed by atoms with Gasteiger partial charge in [0.1, 0.15) is 54.6 Å².